The average Bonchev–Trinajstić information content (AvgIpc) is 2.70. The van der Waals surface area contributed by atoms with Crippen molar-refractivity contribution >= 4 is 27.8 Å². The highest BCUT2D eigenvalue weighted by Gasteiger charge is 2.09. The fourth-order valence-electron chi connectivity index (χ4n) is 1.10. The third kappa shape index (κ3) is 1.87. The summed E-state index contributed by atoms with van der Waals surface area (Å²) in [5.41, 5.74) is 10.9. The maximum atomic E-state index is 10.9. The van der Waals surface area contributed by atoms with E-state index in [1.54, 1.807) is 0 Å². The number of primary amides is 1. The molecule has 0 radical (unpaired) electrons. The number of nitrogens with zero attached hydrogens (tertiary/aromatic N) is 4. The number of aromatic nitrogens is 4. The number of carbonyl (C=O) groups excluding carboxylic acids is 1. The van der Waals surface area contributed by atoms with Gasteiger partial charge in [0.2, 0.25) is 5.95 Å². The Morgan fingerprint density at radius 3 is 2.81 bits per heavy atom. The number of anilines is 1. The summed E-state index contributed by atoms with van der Waals surface area (Å²) in [7, 11) is 0. The minimum absolute atomic E-state index is 0.120. The van der Waals surface area contributed by atoms with Gasteiger partial charge in [0.15, 0.2) is 5.82 Å². The largest absolute Gasteiger partial charge is 0.368 e. The third-order valence-corrected chi connectivity index (χ3v) is 2.39. The standard InChI is InChI=1S/C8H7BrN6O/c9-5-2-12-8(11)14-7(5)15-3-4(1-13-15)6(10)16/h1-3H,(H2,10,16)(H2,11,12,14). The van der Waals surface area contributed by atoms with Gasteiger partial charge in [-0.15, -0.1) is 0 Å². The molecule has 1 amide bonds. The first-order chi connectivity index (χ1) is 7.58. The molecular formula is C8H7BrN6O. The van der Waals surface area contributed by atoms with Crippen molar-refractivity contribution in [1.82, 2.24) is 19.7 Å². The SMILES string of the molecule is NC(=O)c1cnn(-c2nc(N)ncc2Br)c1. The van der Waals surface area contributed by atoms with Gasteiger partial charge in [-0.1, -0.05) is 0 Å². The van der Waals surface area contributed by atoms with E-state index in [9.17, 15) is 4.79 Å². The van der Waals surface area contributed by atoms with E-state index in [0.29, 0.717) is 15.9 Å². The number of rotatable bonds is 2. The molecular weight excluding hydrogens is 276 g/mol. The van der Waals surface area contributed by atoms with E-state index < -0.39 is 5.91 Å². The summed E-state index contributed by atoms with van der Waals surface area (Å²) >= 11 is 3.26. The van der Waals surface area contributed by atoms with Crippen molar-refractivity contribution in [1.29, 1.82) is 0 Å². The molecule has 0 aliphatic carbocycles. The Balaban J connectivity index is 2.50. The minimum atomic E-state index is -0.551. The van der Waals surface area contributed by atoms with Gasteiger partial charge in [-0.05, 0) is 15.9 Å². The van der Waals surface area contributed by atoms with Gasteiger partial charge in [0.1, 0.15) is 0 Å². The normalized spacial score (nSPS) is 10.3. The topological polar surface area (TPSA) is 113 Å². The van der Waals surface area contributed by atoms with E-state index in [4.69, 9.17) is 11.5 Å². The van der Waals surface area contributed by atoms with E-state index in [2.05, 4.69) is 31.0 Å². The van der Waals surface area contributed by atoms with Gasteiger partial charge < -0.3 is 11.5 Å². The fraction of sp³-hybridized carbons (Fsp3) is 0. The first-order valence-corrected chi connectivity index (χ1v) is 5.00. The van der Waals surface area contributed by atoms with Crippen LogP contribution >= 0.6 is 15.9 Å². The van der Waals surface area contributed by atoms with Crippen molar-refractivity contribution in [2.75, 3.05) is 5.73 Å². The summed E-state index contributed by atoms with van der Waals surface area (Å²) in [6, 6.07) is 0. The maximum absolute atomic E-state index is 10.9. The molecule has 2 aromatic heterocycles. The van der Waals surface area contributed by atoms with Gasteiger partial charge in [-0.2, -0.15) is 10.1 Å². The first-order valence-electron chi connectivity index (χ1n) is 4.21. The number of hydrogen-bond acceptors (Lipinski definition) is 5. The number of amides is 1. The summed E-state index contributed by atoms with van der Waals surface area (Å²) in [6.07, 6.45) is 4.32. The van der Waals surface area contributed by atoms with Crippen LogP contribution in [0.4, 0.5) is 5.95 Å². The van der Waals surface area contributed by atoms with E-state index in [0.717, 1.165) is 0 Å². The summed E-state index contributed by atoms with van der Waals surface area (Å²) in [5, 5.41) is 3.95. The van der Waals surface area contributed by atoms with Crippen molar-refractivity contribution in [2.24, 2.45) is 5.73 Å². The molecule has 2 heterocycles. The minimum Gasteiger partial charge on any atom is -0.368 e. The molecule has 2 rings (SSSR count). The van der Waals surface area contributed by atoms with Crippen LogP contribution in [-0.4, -0.2) is 25.7 Å². The van der Waals surface area contributed by atoms with Crippen molar-refractivity contribution in [3.8, 4) is 5.82 Å². The molecule has 0 fully saturated rings. The number of nitrogens with two attached hydrogens (primary N) is 2. The van der Waals surface area contributed by atoms with Crippen molar-refractivity contribution in [3.63, 3.8) is 0 Å². The van der Waals surface area contributed by atoms with Crippen LogP contribution in [0.2, 0.25) is 0 Å². The van der Waals surface area contributed by atoms with E-state index in [1.807, 2.05) is 0 Å². The molecule has 7 nitrogen and oxygen atoms in total. The Labute approximate surface area is 98.6 Å². The zero-order valence-electron chi connectivity index (χ0n) is 7.96. The number of carbonyl (C=O) groups is 1. The Hall–Kier alpha value is -1.96. The van der Waals surface area contributed by atoms with Gasteiger partial charge in [0.25, 0.3) is 5.91 Å². The number of hydrogen-bond donors (Lipinski definition) is 2. The summed E-state index contributed by atoms with van der Waals surface area (Å²) in [4.78, 5) is 18.7. The highest BCUT2D eigenvalue weighted by molar-refractivity contribution is 9.10. The third-order valence-electron chi connectivity index (χ3n) is 1.83. The lowest BCUT2D eigenvalue weighted by molar-refractivity contribution is 0.100. The molecule has 0 saturated carbocycles. The summed E-state index contributed by atoms with van der Waals surface area (Å²) in [5.74, 6) is 0.0127. The maximum Gasteiger partial charge on any atom is 0.251 e. The van der Waals surface area contributed by atoms with Crippen LogP contribution in [0.25, 0.3) is 5.82 Å². The molecule has 0 bridgehead atoms. The summed E-state index contributed by atoms with van der Waals surface area (Å²) < 4.78 is 2.00. The quantitative estimate of drug-likeness (QED) is 0.811. The smallest absolute Gasteiger partial charge is 0.251 e. The molecule has 0 saturated heterocycles. The van der Waals surface area contributed by atoms with Crippen LogP contribution in [0.1, 0.15) is 10.4 Å². The molecule has 4 N–H and O–H groups in total. The zero-order chi connectivity index (χ0) is 11.7. The van der Waals surface area contributed by atoms with Gasteiger partial charge in [-0.3, -0.25) is 4.79 Å². The Morgan fingerprint density at radius 2 is 2.19 bits per heavy atom. The predicted molar refractivity (Wildman–Crippen MR) is 59.8 cm³/mol. The molecule has 0 aliphatic heterocycles. The van der Waals surface area contributed by atoms with Crippen LogP contribution in [0, 0.1) is 0 Å². The lowest BCUT2D eigenvalue weighted by Gasteiger charge is -2.02. The monoisotopic (exact) mass is 282 g/mol. The highest BCUT2D eigenvalue weighted by atomic mass is 79.9. The van der Waals surface area contributed by atoms with Crippen molar-refractivity contribution in [2.45, 2.75) is 0 Å². The van der Waals surface area contributed by atoms with Crippen molar-refractivity contribution in [3.05, 3.63) is 28.6 Å². The highest BCUT2D eigenvalue weighted by Crippen LogP contribution is 2.17. The van der Waals surface area contributed by atoms with Crippen LogP contribution in [-0.2, 0) is 0 Å². The van der Waals surface area contributed by atoms with E-state index in [1.165, 1.54) is 23.3 Å². The van der Waals surface area contributed by atoms with Gasteiger partial charge in [-0.25, -0.2) is 9.67 Å². The average molecular weight is 283 g/mol. The second kappa shape index (κ2) is 3.89. The molecule has 82 valence electrons. The zero-order valence-corrected chi connectivity index (χ0v) is 9.55. The molecule has 0 unspecified atom stereocenters. The number of nitrogen functional groups attached to an aromatic ring is 1. The second-order valence-electron chi connectivity index (χ2n) is 2.94. The molecule has 0 atom stereocenters. The van der Waals surface area contributed by atoms with Gasteiger partial charge in [0.05, 0.1) is 16.2 Å². The van der Waals surface area contributed by atoms with Crippen LogP contribution in [0.15, 0.2) is 23.1 Å². The Kier molecular flexibility index (Phi) is 2.57. The number of halogens is 1. The lowest BCUT2D eigenvalue weighted by atomic mass is 10.3. The summed E-state index contributed by atoms with van der Waals surface area (Å²) in [6.45, 7) is 0. The van der Waals surface area contributed by atoms with E-state index >= 15 is 0 Å². The first kappa shape index (κ1) is 10.6. The molecule has 0 aliphatic rings. The van der Waals surface area contributed by atoms with Crippen LogP contribution < -0.4 is 11.5 Å². The molecule has 8 heteroatoms. The van der Waals surface area contributed by atoms with Gasteiger partial charge >= 0.3 is 0 Å². The Morgan fingerprint density at radius 1 is 1.44 bits per heavy atom. The Bertz CT molecular complexity index is 551. The predicted octanol–water partition coefficient (Wildman–Crippen LogP) is 0.106. The molecule has 0 spiro atoms. The molecule has 2 aromatic rings. The van der Waals surface area contributed by atoms with Crippen LogP contribution in [0.3, 0.4) is 0 Å². The van der Waals surface area contributed by atoms with Crippen molar-refractivity contribution < 1.29 is 4.79 Å². The van der Waals surface area contributed by atoms with E-state index in [-0.39, 0.29) is 5.95 Å². The lowest BCUT2D eigenvalue weighted by Crippen LogP contribution is -2.09. The fourth-order valence-corrected chi connectivity index (χ4v) is 1.47. The second-order valence-corrected chi connectivity index (χ2v) is 3.79. The van der Waals surface area contributed by atoms with Crippen LogP contribution in [0.5, 0.6) is 0 Å². The molecule has 0 aromatic carbocycles. The molecule has 16 heavy (non-hydrogen) atoms. The van der Waals surface area contributed by atoms with Gasteiger partial charge in [0, 0.05) is 12.4 Å².